The van der Waals surface area contributed by atoms with Crippen LogP contribution in [0.3, 0.4) is 0 Å². The highest BCUT2D eigenvalue weighted by atomic mass is 16.5. The number of aromatic nitrogens is 2. The van der Waals surface area contributed by atoms with Crippen LogP contribution in [0.25, 0.3) is 0 Å². The van der Waals surface area contributed by atoms with Crippen molar-refractivity contribution in [2.24, 2.45) is 0 Å². The molecule has 1 aliphatic heterocycles. The highest BCUT2D eigenvalue weighted by molar-refractivity contribution is 5.31. The zero-order valence-corrected chi connectivity index (χ0v) is 10.6. The molecule has 0 bridgehead atoms. The van der Waals surface area contributed by atoms with Gasteiger partial charge < -0.3 is 14.8 Å². The van der Waals surface area contributed by atoms with Crippen LogP contribution in [0.1, 0.15) is 25.5 Å². The Balaban J connectivity index is 2.00. The van der Waals surface area contributed by atoms with Gasteiger partial charge in [-0.1, -0.05) is 0 Å². The number of anilines is 1. The summed E-state index contributed by atoms with van der Waals surface area (Å²) in [4.78, 5) is 8.56. The molecule has 2 heterocycles. The number of nitrogens with zero attached hydrogens (tertiary/aromatic N) is 2. The van der Waals surface area contributed by atoms with Crippen molar-refractivity contribution in [1.29, 1.82) is 0 Å². The quantitative estimate of drug-likeness (QED) is 0.865. The molecule has 0 radical (unpaired) electrons. The molecule has 1 N–H and O–H groups in total. The Labute approximate surface area is 102 Å². The van der Waals surface area contributed by atoms with E-state index in [2.05, 4.69) is 22.2 Å². The number of hydrogen-bond acceptors (Lipinski definition) is 5. The normalized spacial score (nSPS) is 23.7. The Hall–Kier alpha value is -1.36. The molecule has 17 heavy (non-hydrogen) atoms. The largest absolute Gasteiger partial charge is 0.481 e. The fourth-order valence-corrected chi connectivity index (χ4v) is 1.97. The van der Waals surface area contributed by atoms with Crippen LogP contribution in [-0.4, -0.2) is 35.8 Å². The lowest BCUT2D eigenvalue weighted by atomic mass is 10.0. The first-order chi connectivity index (χ1) is 8.11. The minimum absolute atomic E-state index is 0.0969. The SMILES string of the molecule is COc1cc(C)nc(NCC2(C)CCCO2)n1. The van der Waals surface area contributed by atoms with Crippen molar-refractivity contribution < 1.29 is 9.47 Å². The maximum Gasteiger partial charge on any atom is 0.226 e. The van der Waals surface area contributed by atoms with Crippen LogP contribution in [0.2, 0.25) is 0 Å². The summed E-state index contributed by atoms with van der Waals surface area (Å²) in [5.41, 5.74) is 0.789. The van der Waals surface area contributed by atoms with Crippen molar-refractivity contribution in [3.63, 3.8) is 0 Å². The van der Waals surface area contributed by atoms with E-state index in [0.29, 0.717) is 11.8 Å². The summed E-state index contributed by atoms with van der Waals surface area (Å²) < 4.78 is 10.8. The molecule has 1 unspecified atom stereocenters. The Morgan fingerprint density at radius 1 is 1.53 bits per heavy atom. The van der Waals surface area contributed by atoms with Crippen LogP contribution >= 0.6 is 0 Å². The second-order valence-corrected chi connectivity index (χ2v) is 4.63. The van der Waals surface area contributed by atoms with Gasteiger partial charge in [0, 0.05) is 24.9 Å². The van der Waals surface area contributed by atoms with Gasteiger partial charge in [-0.15, -0.1) is 0 Å². The molecule has 94 valence electrons. The van der Waals surface area contributed by atoms with Crippen LogP contribution in [0.5, 0.6) is 5.88 Å². The van der Waals surface area contributed by atoms with Crippen molar-refractivity contribution in [1.82, 2.24) is 9.97 Å². The van der Waals surface area contributed by atoms with Crippen LogP contribution in [0.15, 0.2) is 6.07 Å². The molecule has 0 aromatic carbocycles. The van der Waals surface area contributed by atoms with E-state index in [4.69, 9.17) is 9.47 Å². The molecule has 1 aliphatic rings. The average molecular weight is 237 g/mol. The minimum atomic E-state index is -0.0969. The molecule has 5 nitrogen and oxygen atoms in total. The van der Waals surface area contributed by atoms with Gasteiger partial charge in [-0.3, -0.25) is 0 Å². The minimum Gasteiger partial charge on any atom is -0.481 e. The Bertz CT molecular complexity index is 389. The zero-order valence-electron chi connectivity index (χ0n) is 10.6. The number of nitrogens with one attached hydrogen (secondary N) is 1. The lowest BCUT2D eigenvalue weighted by molar-refractivity contribution is 0.0314. The third-order valence-electron chi connectivity index (χ3n) is 2.96. The van der Waals surface area contributed by atoms with Crippen LogP contribution in [0, 0.1) is 6.92 Å². The molecule has 1 atom stereocenters. The van der Waals surface area contributed by atoms with Crippen molar-refractivity contribution >= 4 is 5.95 Å². The van der Waals surface area contributed by atoms with Gasteiger partial charge in [-0.05, 0) is 26.7 Å². The van der Waals surface area contributed by atoms with Gasteiger partial charge in [-0.25, -0.2) is 4.98 Å². The fourth-order valence-electron chi connectivity index (χ4n) is 1.97. The van der Waals surface area contributed by atoms with E-state index in [9.17, 15) is 0 Å². The predicted octanol–water partition coefficient (Wildman–Crippen LogP) is 1.77. The number of aryl methyl sites for hydroxylation is 1. The highest BCUT2D eigenvalue weighted by Gasteiger charge is 2.29. The van der Waals surface area contributed by atoms with E-state index in [1.165, 1.54) is 0 Å². The maximum absolute atomic E-state index is 5.70. The average Bonchev–Trinajstić information content (AvgIpc) is 2.73. The summed E-state index contributed by atoms with van der Waals surface area (Å²) in [7, 11) is 1.60. The molecule has 5 heteroatoms. The van der Waals surface area contributed by atoms with Gasteiger partial charge in [-0.2, -0.15) is 4.98 Å². The number of ether oxygens (including phenoxy) is 2. The van der Waals surface area contributed by atoms with Crippen LogP contribution in [0.4, 0.5) is 5.95 Å². The lowest BCUT2D eigenvalue weighted by Crippen LogP contribution is -2.33. The van der Waals surface area contributed by atoms with Crippen molar-refractivity contribution in [3.8, 4) is 5.88 Å². The third-order valence-corrected chi connectivity index (χ3v) is 2.96. The summed E-state index contributed by atoms with van der Waals surface area (Å²) in [5, 5.41) is 3.22. The molecule has 1 saturated heterocycles. The van der Waals surface area contributed by atoms with Crippen molar-refractivity contribution in [2.45, 2.75) is 32.3 Å². The summed E-state index contributed by atoms with van der Waals surface area (Å²) in [6, 6.07) is 1.80. The van der Waals surface area contributed by atoms with Crippen molar-refractivity contribution in [3.05, 3.63) is 11.8 Å². The monoisotopic (exact) mass is 237 g/mol. The number of methoxy groups -OCH3 is 1. The molecule has 1 fully saturated rings. The third kappa shape index (κ3) is 3.06. The second-order valence-electron chi connectivity index (χ2n) is 4.63. The molecule has 0 saturated carbocycles. The van der Waals surface area contributed by atoms with Gasteiger partial charge in [0.25, 0.3) is 0 Å². The summed E-state index contributed by atoms with van der Waals surface area (Å²) in [5.74, 6) is 1.18. The Kier molecular flexibility index (Phi) is 3.47. The van der Waals surface area contributed by atoms with Crippen LogP contribution in [-0.2, 0) is 4.74 Å². The van der Waals surface area contributed by atoms with Crippen LogP contribution < -0.4 is 10.1 Å². The van der Waals surface area contributed by atoms with E-state index in [-0.39, 0.29) is 5.60 Å². The van der Waals surface area contributed by atoms with Crippen molar-refractivity contribution in [2.75, 3.05) is 25.6 Å². The van der Waals surface area contributed by atoms with E-state index in [0.717, 1.165) is 31.7 Å². The number of rotatable bonds is 4. The Morgan fingerprint density at radius 3 is 3.00 bits per heavy atom. The first-order valence-electron chi connectivity index (χ1n) is 5.89. The molecular formula is C12H19N3O2. The smallest absolute Gasteiger partial charge is 0.226 e. The highest BCUT2D eigenvalue weighted by Crippen LogP contribution is 2.25. The summed E-state index contributed by atoms with van der Waals surface area (Å²) >= 11 is 0. The van der Waals surface area contributed by atoms with Gasteiger partial charge in [0.05, 0.1) is 12.7 Å². The topological polar surface area (TPSA) is 56.3 Å². The molecule has 0 amide bonds. The van der Waals surface area contributed by atoms with Gasteiger partial charge in [0.1, 0.15) is 0 Å². The first-order valence-corrected chi connectivity index (χ1v) is 5.89. The summed E-state index contributed by atoms with van der Waals surface area (Å²) in [6.07, 6.45) is 2.19. The van der Waals surface area contributed by atoms with E-state index >= 15 is 0 Å². The molecule has 2 rings (SSSR count). The van der Waals surface area contributed by atoms with E-state index in [1.54, 1.807) is 13.2 Å². The zero-order chi connectivity index (χ0) is 12.3. The maximum atomic E-state index is 5.70. The van der Waals surface area contributed by atoms with E-state index in [1.807, 2.05) is 6.92 Å². The molecule has 1 aromatic rings. The van der Waals surface area contributed by atoms with E-state index < -0.39 is 0 Å². The first kappa shape index (κ1) is 12.1. The Morgan fingerprint density at radius 2 is 2.35 bits per heavy atom. The lowest BCUT2D eigenvalue weighted by Gasteiger charge is -2.23. The second kappa shape index (κ2) is 4.87. The molecule has 0 spiro atoms. The molecule has 1 aromatic heterocycles. The number of hydrogen-bond donors (Lipinski definition) is 1. The van der Waals surface area contributed by atoms with Gasteiger partial charge in [0.15, 0.2) is 0 Å². The standard InChI is InChI=1S/C12H19N3O2/c1-9-7-10(16-3)15-11(14-9)13-8-12(2)5-4-6-17-12/h7H,4-6,8H2,1-3H3,(H,13,14,15). The van der Waals surface area contributed by atoms with Gasteiger partial charge >= 0.3 is 0 Å². The fraction of sp³-hybridized carbons (Fsp3) is 0.667. The predicted molar refractivity (Wildman–Crippen MR) is 65.4 cm³/mol. The molecular weight excluding hydrogens is 218 g/mol. The molecule has 0 aliphatic carbocycles. The summed E-state index contributed by atoms with van der Waals surface area (Å²) in [6.45, 7) is 5.60. The van der Waals surface area contributed by atoms with Gasteiger partial charge in [0.2, 0.25) is 11.8 Å².